The van der Waals surface area contributed by atoms with Crippen LogP contribution in [0, 0.1) is 5.82 Å². The second kappa shape index (κ2) is 5.11. The van der Waals surface area contributed by atoms with Crippen LogP contribution in [0.1, 0.15) is 32.3 Å². The zero-order valence-electron chi connectivity index (χ0n) is 11.6. The maximum absolute atomic E-state index is 13.2. The summed E-state index contributed by atoms with van der Waals surface area (Å²) in [6.07, 6.45) is -0.602. The van der Waals surface area contributed by atoms with Crippen molar-refractivity contribution in [1.82, 2.24) is 5.32 Å². The molecule has 2 amide bonds. The summed E-state index contributed by atoms with van der Waals surface area (Å²) in [5.41, 5.74) is 0.518. The maximum atomic E-state index is 13.2. The summed E-state index contributed by atoms with van der Waals surface area (Å²) in [6.45, 7) is 5.32. The van der Waals surface area contributed by atoms with E-state index in [1.165, 1.54) is 18.2 Å². The molecule has 0 aliphatic carbocycles. The molecule has 1 heterocycles. The molecule has 0 unspecified atom stereocenters. The van der Waals surface area contributed by atoms with Crippen molar-refractivity contribution in [3.63, 3.8) is 0 Å². The fourth-order valence-corrected chi connectivity index (χ4v) is 2.00. The van der Waals surface area contributed by atoms with Gasteiger partial charge in [0.1, 0.15) is 11.4 Å². The summed E-state index contributed by atoms with van der Waals surface area (Å²) >= 11 is 0. The molecule has 20 heavy (non-hydrogen) atoms. The number of rotatable bonds is 2. The Bertz CT molecular complexity index is 552. The van der Waals surface area contributed by atoms with Crippen molar-refractivity contribution in [3.8, 4) is 0 Å². The number of fused-ring (bicyclic) bond motifs is 1. The smallest absolute Gasteiger partial charge is 0.407 e. The first-order valence-corrected chi connectivity index (χ1v) is 6.33. The summed E-state index contributed by atoms with van der Waals surface area (Å²) in [5, 5.41) is 5.18. The van der Waals surface area contributed by atoms with Gasteiger partial charge in [0.2, 0.25) is 5.91 Å². The van der Waals surface area contributed by atoms with E-state index in [-0.39, 0.29) is 12.5 Å². The molecule has 0 aromatic heterocycles. The normalized spacial score (nSPS) is 17.4. The van der Waals surface area contributed by atoms with Gasteiger partial charge in [-0.15, -0.1) is 0 Å². The third-order valence-electron chi connectivity index (χ3n) is 2.81. The van der Waals surface area contributed by atoms with E-state index in [4.69, 9.17) is 4.74 Å². The minimum Gasteiger partial charge on any atom is -0.444 e. The van der Waals surface area contributed by atoms with Crippen LogP contribution in [0.15, 0.2) is 18.2 Å². The van der Waals surface area contributed by atoms with Crippen LogP contribution in [0.25, 0.3) is 0 Å². The monoisotopic (exact) mass is 280 g/mol. The average molecular weight is 280 g/mol. The van der Waals surface area contributed by atoms with Crippen molar-refractivity contribution in [1.29, 1.82) is 0 Å². The number of benzene rings is 1. The van der Waals surface area contributed by atoms with Gasteiger partial charge in [-0.25, -0.2) is 9.18 Å². The van der Waals surface area contributed by atoms with Crippen LogP contribution in [0.4, 0.5) is 14.9 Å². The van der Waals surface area contributed by atoms with E-state index in [0.29, 0.717) is 11.3 Å². The highest BCUT2D eigenvalue weighted by Crippen LogP contribution is 2.32. The van der Waals surface area contributed by atoms with E-state index in [9.17, 15) is 14.0 Å². The molecule has 1 atom stereocenters. The Morgan fingerprint density at radius 2 is 2.15 bits per heavy atom. The van der Waals surface area contributed by atoms with Gasteiger partial charge >= 0.3 is 6.09 Å². The molecule has 108 valence electrons. The lowest BCUT2D eigenvalue weighted by Gasteiger charge is -2.20. The zero-order chi connectivity index (χ0) is 14.9. The van der Waals surface area contributed by atoms with Gasteiger partial charge in [-0.05, 0) is 44.5 Å². The van der Waals surface area contributed by atoms with E-state index in [2.05, 4.69) is 10.6 Å². The number of carbonyl (C=O) groups excluding carboxylic acids is 2. The number of nitrogens with one attached hydrogen (secondary N) is 2. The molecule has 5 nitrogen and oxygen atoms in total. The van der Waals surface area contributed by atoms with Crippen molar-refractivity contribution < 1.29 is 18.7 Å². The standard InChI is InChI=1S/C14H17FN2O3/c1-14(2,3)20-13(19)16-7-10-9-6-8(15)4-5-11(9)17-12(10)18/h4-6,10H,7H2,1-3H3,(H,16,19)(H,17,18)/t10-/m0/s1. The summed E-state index contributed by atoms with van der Waals surface area (Å²) in [4.78, 5) is 23.4. The molecule has 1 aliphatic rings. The van der Waals surface area contributed by atoms with Crippen molar-refractivity contribution in [2.24, 2.45) is 0 Å². The van der Waals surface area contributed by atoms with Gasteiger partial charge in [-0.2, -0.15) is 0 Å². The summed E-state index contributed by atoms with van der Waals surface area (Å²) in [6, 6.07) is 4.09. The molecule has 1 aromatic rings. The van der Waals surface area contributed by atoms with E-state index in [1.807, 2.05) is 0 Å². The number of carbonyl (C=O) groups is 2. The van der Waals surface area contributed by atoms with Crippen molar-refractivity contribution in [2.75, 3.05) is 11.9 Å². The predicted molar refractivity (Wildman–Crippen MR) is 72.0 cm³/mol. The summed E-state index contributed by atoms with van der Waals surface area (Å²) in [5.74, 6) is -1.28. The topological polar surface area (TPSA) is 67.4 Å². The number of hydrogen-bond donors (Lipinski definition) is 2. The fraction of sp³-hybridized carbons (Fsp3) is 0.429. The van der Waals surface area contributed by atoms with Gasteiger partial charge in [0, 0.05) is 12.2 Å². The number of alkyl carbamates (subject to hydrolysis) is 1. The minimum atomic E-state index is -0.605. The largest absolute Gasteiger partial charge is 0.444 e. The Balaban J connectivity index is 2.03. The van der Waals surface area contributed by atoms with Gasteiger partial charge in [0.15, 0.2) is 0 Å². The molecular formula is C14H17FN2O3. The van der Waals surface area contributed by atoms with E-state index in [0.717, 1.165) is 0 Å². The fourth-order valence-electron chi connectivity index (χ4n) is 2.00. The molecule has 0 saturated carbocycles. The molecule has 0 saturated heterocycles. The Kier molecular flexibility index (Phi) is 3.65. The van der Waals surface area contributed by atoms with Gasteiger partial charge in [0.05, 0.1) is 5.92 Å². The first-order chi connectivity index (χ1) is 9.26. The first-order valence-electron chi connectivity index (χ1n) is 6.33. The SMILES string of the molecule is CC(C)(C)OC(=O)NC[C@@H]1C(=O)Nc2ccc(F)cc21. The molecule has 6 heteroatoms. The number of anilines is 1. The Morgan fingerprint density at radius 3 is 2.80 bits per heavy atom. The van der Waals surface area contributed by atoms with E-state index < -0.39 is 23.4 Å². The van der Waals surface area contributed by atoms with Crippen molar-refractivity contribution in [3.05, 3.63) is 29.6 Å². The van der Waals surface area contributed by atoms with Crippen LogP contribution in [-0.4, -0.2) is 24.1 Å². The summed E-state index contributed by atoms with van der Waals surface area (Å²) in [7, 11) is 0. The second-order valence-electron chi connectivity index (χ2n) is 5.66. The Hall–Kier alpha value is -2.11. The number of amides is 2. The van der Waals surface area contributed by atoms with Crippen LogP contribution in [0.3, 0.4) is 0 Å². The molecular weight excluding hydrogens is 263 g/mol. The highest BCUT2D eigenvalue weighted by molar-refractivity contribution is 6.03. The van der Waals surface area contributed by atoms with Crippen LogP contribution < -0.4 is 10.6 Å². The molecule has 2 rings (SSSR count). The molecule has 1 aliphatic heterocycles. The first kappa shape index (κ1) is 14.3. The van der Waals surface area contributed by atoms with Gasteiger partial charge in [-0.1, -0.05) is 0 Å². The zero-order valence-corrected chi connectivity index (χ0v) is 11.6. The third-order valence-corrected chi connectivity index (χ3v) is 2.81. The summed E-state index contributed by atoms with van der Waals surface area (Å²) < 4.78 is 18.3. The van der Waals surface area contributed by atoms with Gasteiger partial charge in [-0.3, -0.25) is 4.79 Å². The van der Waals surface area contributed by atoms with Crippen LogP contribution >= 0.6 is 0 Å². The highest BCUT2D eigenvalue weighted by Gasteiger charge is 2.31. The van der Waals surface area contributed by atoms with E-state index >= 15 is 0 Å². The van der Waals surface area contributed by atoms with Crippen LogP contribution in [-0.2, 0) is 9.53 Å². The molecule has 0 bridgehead atoms. The molecule has 1 aromatic carbocycles. The number of ether oxygens (including phenoxy) is 1. The van der Waals surface area contributed by atoms with Crippen molar-refractivity contribution in [2.45, 2.75) is 32.3 Å². The lowest BCUT2D eigenvalue weighted by atomic mass is 10.0. The Morgan fingerprint density at radius 1 is 1.45 bits per heavy atom. The average Bonchev–Trinajstić information content (AvgIpc) is 2.59. The molecule has 0 fully saturated rings. The second-order valence-corrected chi connectivity index (χ2v) is 5.66. The van der Waals surface area contributed by atoms with E-state index in [1.54, 1.807) is 20.8 Å². The molecule has 0 radical (unpaired) electrons. The van der Waals surface area contributed by atoms with Crippen molar-refractivity contribution >= 4 is 17.7 Å². The molecule has 2 N–H and O–H groups in total. The predicted octanol–water partition coefficient (Wildman–Crippen LogP) is 2.39. The van der Waals surface area contributed by atoms with Gasteiger partial charge in [0.25, 0.3) is 0 Å². The number of hydrogen-bond acceptors (Lipinski definition) is 3. The quantitative estimate of drug-likeness (QED) is 0.874. The maximum Gasteiger partial charge on any atom is 0.407 e. The van der Waals surface area contributed by atoms with Crippen LogP contribution in [0.2, 0.25) is 0 Å². The lowest BCUT2D eigenvalue weighted by molar-refractivity contribution is -0.116. The lowest BCUT2D eigenvalue weighted by Crippen LogP contribution is -2.36. The van der Waals surface area contributed by atoms with Crippen LogP contribution in [0.5, 0.6) is 0 Å². The van der Waals surface area contributed by atoms with Gasteiger partial charge < -0.3 is 15.4 Å². The third kappa shape index (κ3) is 3.26. The minimum absolute atomic E-state index is 0.0667. The number of halogens is 1. The Labute approximate surface area is 116 Å². The molecule has 0 spiro atoms. The highest BCUT2D eigenvalue weighted by atomic mass is 19.1.